The van der Waals surface area contributed by atoms with Gasteiger partial charge in [0.1, 0.15) is 18.5 Å². The lowest BCUT2D eigenvalue weighted by Crippen LogP contribution is -2.31. The van der Waals surface area contributed by atoms with E-state index in [1.54, 1.807) is 18.2 Å². The van der Waals surface area contributed by atoms with Crippen molar-refractivity contribution in [1.29, 1.82) is 0 Å². The van der Waals surface area contributed by atoms with Gasteiger partial charge in [0.25, 0.3) is 0 Å². The van der Waals surface area contributed by atoms with Gasteiger partial charge in [-0.3, -0.25) is 0 Å². The standard InChI is InChI=1S/C17H17Cl2NO4/c18-14-3-2-13(6-15(14)19)22-9-12(21)8-20-7-11-1-4-16-17(5-11)24-10-23-16/h1-6,12,20-21H,7-10H2/t12-/m0/s1. The fourth-order valence-corrected chi connectivity index (χ4v) is 2.54. The van der Waals surface area contributed by atoms with E-state index in [2.05, 4.69) is 5.32 Å². The smallest absolute Gasteiger partial charge is 0.231 e. The van der Waals surface area contributed by atoms with Crippen LogP contribution in [0, 0.1) is 0 Å². The number of aliphatic hydroxyl groups excluding tert-OH is 1. The van der Waals surface area contributed by atoms with E-state index in [0.717, 1.165) is 17.1 Å². The molecule has 5 nitrogen and oxygen atoms in total. The molecule has 0 spiro atoms. The molecule has 1 atom stereocenters. The number of hydrogen-bond donors (Lipinski definition) is 2. The third-order valence-electron chi connectivity index (χ3n) is 3.48. The molecule has 2 aromatic carbocycles. The lowest BCUT2D eigenvalue weighted by Gasteiger charge is -2.14. The Balaban J connectivity index is 1.41. The van der Waals surface area contributed by atoms with E-state index < -0.39 is 6.10 Å². The maximum absolute atomic E-state index is 9.98. The van der Waals surface area contributed by atoms with E-state index in [0.29, 0.717) is 28.9 Å². The van der Waals surface area contributed by atoms with Gasteiger partial charge in [0, 0.05) is 19.2 Å². The average molecular weight is 370 g/mol. The molecule has 0 saturated carbocycles. The van der Waals surface area contributed by atoms with Crippen molar-refractivity contribution in [3.05, 3.63) is 52.0 Å². The van der Waals surface area contributed by atoms with Crippen LogP contribution in [-0.2, 0) is 6.54 Å². The van der Waals surface area contributed by atoms with Crippen molar-refractivity contribution in [2.24, 2.45) is 0 Å². The molecule has 1 heterocycles. The maximum Gasteiger partial charge on any atom is 0.231 e. The number of benzene rings is 2. The summed E-state index contributed by atoms with van der Waals surface area (Å²) in [7, 11) is 0. The fraction of sp³-hybridized carbons (Fsp3) is 0.294. The van der Waals surface area contributed by atoms with Crippen molar-refractivity contribution in [2.45, 2.75) is 12.6 Å². The van der Waals surface area contributed by atoms with E-state index in [-0.39, 0.29) is 13.4 Å². The second-order valence-electron chi connectivity index (χ2n) is 5.36. The first-order valence-electron chi connectivity index (χ1n) is 7.47. The first-order valence-corrected chi connectivity index (χ1v) is 8.22. The molecule has 0 fully saturated rings. The van der Waals surface area contributed by atoms with Crippen molar-refractivity contribution in [3.8, 4) is 17.2 Å². The lowest BCUT2D eigenvalue weighted by molar-refractivity contribution is 0.106. The molecule has 0 radical (unpaired) electrons. The number of halogens is 2. The Morgan fingerprint density at radius 1 is 1.08 bits per heavy atom. The van der Waals surface area contributed by atoms with Crippen molar-refractivity contribution in [1.82, 2.24) is 5.32 Å². The van der Waals surface area contributed by atoms with E-state index in [1.807, 2.05) is 18.2 Å². The van der Waals surface area contributed by atoms with Gasteiger partial charge in [0.2, 0.25) is 6.79 Å². The summed E-state index contributed by atoms with van der Waals surface area (Å²) in [6.45, 7) is 1.43. The maximum atomic E-state index is 9.98. The van der Waals surface area contributed by atoms with E-state index in [1.165, 1.54) is 0 Å². The predicted octanol–water partition coefficient (Wildman–Crippen LogP) is 3.25. The zero-order valence-corrected chi connectivity index (χ0v) is 14.3. The summed E-state index contributed by atoms with van der Waals surface area (Å²) < 4.78 is 16.1. The molecule has 0 amide bonds. The van der Waals surface area contributed by atoms with Crippen molar-refractivity contribution < 1.29 is 19.3 Å². The summed E-state index contributed by atoms with van der Waals surface area (Å²) in [4.78, 5) is 0. The van der Waals surface area contributed by atoms with Gasteiger partial charge in [-0.1, -0.05) is 29.3 Å². The van der Waals surface area contributed by atoms with Crippen LogP contribution in [-0.4, -0.2) is 31.2 Å². The highest BCUT2D eigenvalue weighted by Gasteiger charge is 2.13. The highest BCUT2D eigenvalue weighted by atomic mass is 35.5. The molecule has 0 aromatic heterocycles. The van der Waals surface area contributed by atoms with Crippen LogP contribution in [0.1, 0.15) is 5.56 Å². The van der Waals surface area contributed by atoms with Crippen molar-refractivity contribution in [3.63, 3.8) is 0 Å². The molecule has 0 bridgehead atoms. The number of aliphatic hydroxyl groups is 1. The normalized spacial score (nSPS) is 13.8. The minimum absolute atomic E-state index is 0.159. The molecule has 128 valence electrons. The minimum Gasteiger partial charge on any atom is -0.491 e. The molecular weight excluding hydrogens is 353 g/mol. The quantitative estimate of drug-likeness (QED) is 0.784. The zero-order chi connectivity index (χ0) is 16.9. The van der Waals surface area contributed by atoms with Gasteiger partial charge in [-0.05, 0) is 29.8 Å². The molecule has 2 aromatic rings. The number of ether oxygens (including phenoxy) is 3. The van der Waals surface area contributed by atoms with Crippen LogP contribution in [0.5, 0.6) is 17.2 Å². The monoisotopic (exact) mass is 369 g/mol. The number of nitrogens with one attached hydrogen (secondary N) is 1. The van der Waals surface area contributed by atoms with Gasteiger partial charge < -0.3 is 24.6 Å². The van der Waals surface area contributed by atoms with Gasteiger partial charge in [0.15, 0.2) is 11.5 Å². The number of hydrogen-bond acceptors (Lipinski definition) is 5. The topological polar surface area (TPSA) is 60.0 Å². The Morgan fingerprint density at radius 2 is 1.92 bits per heavy atom. The molecule has 0 saturated heterocycles. The molecule has 0 unspecified atom stereocenters. The molecular formula is C17H17Cl2NO4. The average Bonchev–Trinajstić information content (AvgIpc) is 3.04. The van der Waals surface area contributed by atoms with Crippen LogP contribution in [0.2, 0.25) is 10.0 Å². The van der Waals surface area contributed by atoms with E-state index in [9.17, 15) is 5.11 Å². The summed E-state index contributed by atoms with van der Waals surface area (Å²) in [6, 6.07) is 10.7. The van der Waals surface area contributed by atoms with Gasteiger partial charge in [-0.15, -0.1) is 0 Å². The summed E-state index contributed by atoms with van der Waals surface area (Å²) in [5.41, 5.74) is 1.05. The molecule has 2 N–H and O–H groups in total. The fourth-order valence-electron chi connectivity index (χ4n) is 2.25. The molecule has 3 rings (SSSR count). The van der Waals surface area contributed by atoms with Crippen molar-refractivity contribution >= 4 is 23.2 Å². The second-order valence-corrected chi connectivity index (χ2v) is 6.17. The summed E-state index contributed by atoms with van der Waals surface area (Å²) in [5, 5.41) is 14.0. The lowest BCUT2D eigenvalue weighted by atomic mass is 10.2. The Labute approximate surface area is 150 Å². The summed E-state index contributed by atoms with van der Waals surface area (Å²) >= 11 is 11.8. The minimum atomic E-state index is -0.645. The Hall–Kier alpha value is -1.66. The van der Waals surface area contributed by atoms with Gasteiger partial charge in [-0.2, -0.15) is 0 Å². The van der Waals surface area contributed by atoms with E-state index >= 15 is 0 Å². The van der Waals surface area contributed by atoms with Crippen molar-refractivity contribution in [2.75, 3.05) is 19.9 Å². The molecule has 0 aliphatic carbocycles. The highest BCUT2D eigenvalue weighted by molar-refractivity contribution is 6.42. The molecule has 7 heteroatoms. The van der Waals surface area contributed by atoms with E-state index in [4.69, 9.17) is 37.4 Å². The SMILES string of the molecule is O[C@@H](CNCc1ccc2c(c1)OCO2)COc1ccc(Cl)c(Cl)c1. The van der Waals surface area contributed by atoms with Crippen LogP contribution in [0.4, 0.5) is 0 Å². The first kappa shape index (κ1) is 17.2. The van der Waals surface area contributed by atoms with Gasteiger partial charge in [-0.25, -0.2) is 0 Å². The van der Waals surface area contributed by atoms with Crippen LogP contribution < -0.4 is 19.5 Å². The number of rotatable bonds is 7. The van der Waals surface area contributed by atoms with Gasteiger partial charge >= 0.3 is 0 Å². The molecule has 1 aliphatic heterocycles. The predicted molar refractivity (Wildman–Crippen MR) is 92.2 cm³/mol. The molecule has 24 heavy (non-hydrogen) atoms. The Kier molecular flexibility index (Phi) is 5.68. The second kappa shape index (κ2) is 7.94. The Bertz CT molecular complexity index is 711. The summed E-state index contributed by atoms with van der Waals surface area (Å²) in [6.07, 6.45) is -0.645. The third-order valence-corrected chi connectivity index (χ3v) is 4.22. The highest BCUT2D eigenvalue weighted by Crippen LogP contribution is 2.32. The Morgan fingerprint density at radius 3 is 2.75 bits per heavy atom. The first-order chi connectivity index (χ1) is 11.6. The molecule has 1 aliphatic rings. The third kappa shape index (κ3) is 4.45. The summed E-state index contributed by atoms with van der Waals surface area (Å²) in [5.74, 6) is 2.07. The van der Waals surface area contributed by atoms with Crippen LogP contribution >= 0.6 is 23.2 Å². The largest absolute Gasteiger partial charge is 0.491 e. The van der Waals surface area contributed by atoms with Gasteiger partial charge in [0.05, 0.1) is 10.0 Å². The van der Waals surface area contributed by atoms with Crippen LogP contribution in [0.15, 0.2) is 36.4 Å². The zero-order valence-electron chi connectivity index (χ0n) is 12.8. The number of fused-ring (bicyclic) bond motifs is 1. The van der Waals surface area contributed by atoms with Crippen LogP contribution in [0.25, 0.3) is 0 Å². The van der Waals surface area contributed by atoms with Crippen LogP contribution in [0.3, 0.4) is 0 Å².